The quantitative estimate of drug-likeness (QED) is 0.240. The minimum atomic E-state index is -2.96. The van der Waals surface area contributed by atoms with Crippen LogP contribution in [0.5, 0.6) is 5.75 Å². The summed E-state index contributed by atoms with van der Waals surface area (Å²) in [6, 6.07) is 16.6. The van der Waals surface area contributed by atoms with Gasteiger partial charge in [-0.3, -0.25) is 14.5 Å². The molecule has 0 N–H and O–H groups in total. The maximum Gasteiger partial charge on any atom is 0.387 e. The van der Waals surface area contributed by atoms with Crippen LogP contribution in [-0.4, -0.2) is 43.3 Å². The predicted octanol–water partition coefficient (Wildman–Crippen LogP) is 6.43. The molecule has 1 amide bonds. The third kappa shape index (κ3) is 6.13. The molecule has 6 nitrogen and oxygen atoms in total. The van der Waals surface area contributed by atoms with E-state index in [1.165, 1.54) is 40.5 Å². The van der Waals surface area contributed by atoms with Gasteiger partial charge in [0.1, 0.15) is 11.4 Å². The number of amidine groups is 1. The Kier molecular flexibility index (Phi) is 8.07. The Morgan fingerprint density at radius 3 is 2.42 bits per heavy atom. The van der Waals surface area contributed by atoms with Gasteiger partial charge in [0.05, 0.1) is 20.7 Å². The van der Waals surface area contributed by atoms with Crippen LogP contribution in [-0.2, 0) is 4.79 Å². The number of benzene rings is 2. The zero-order chi connectivity index (χ0) is 25.8. The molecule has 1 aliphatic heterocycles. The van der Waals surface area contributed by atoms with E-state index in [0.717, 1.165) is 23.0 Å². The Balaban J connectivity index is 1.61. The fraction of sp³-hybridized carbons (Fsp3) is 0.160. The second-order valence-electron chi connectivity index (χ2n) is 7.74. The third-order valence-electron chi connectivity index (χ3n) is 5.04. The minimum absolute atomic E-state index is 0.0342. The number of hydrogen-bond acceptors (Lipinski definition) is 7. The number of carbonyl (C=O) groups is 2. The van der Waals surface area contributed by atoms with Crippen LogP contribution in [0.1, 0.15) is 15.2 Å². The average molecular weight is 548 g/mol. The molecule has 0 atom stereocenters. The molecule has 2 heterocycles. The van der Waals surface area contributed by atoms with Crippen LogP contribution >= 0.6 is 34.7 Å². The first kappa shape index (κ1) is 25.9. The number of thiophene rings is 1. The van der Waals surface area contributed by atoms with E-state index in [4.69, 9.17) is 11.6 Å². The van der Waals surface area contributed by atoms with Gasteiger partial charge in [0, 0.05) is 19.8 Å². The summed E-state index contributed by atoms with van der Waals surface area (Å²) in [6.45, 7) is -2.96. The van der Waals surface area contributed by atoms with E-state index in [1.807, 2.05) is 43.3 Å². The third-order valence-corrected chi connectivity index (χ3v) is 7.25. The lowest BCUT2D eigenvalue weighted by Crippen LogP contribution is -2.30. The van der Waals surface area contributed by atoms with Crippen molar-refractivity contribution in [2.24, 2.45) is 4.99 Å². The van der Waals surface area contributed by atoms with Gasteiger partial charge < -0.3 is 9.64 Å². The molecular weight excluding hydrogens is 528 g/mol. The molecule has 1 aromatic heterocycles. The molecule has 0 unspecified atom stereocenters. The second kappa shape index (κ2) is 11.2. The van der Waals surface area contributed by atoms with Gasteiger partial charge in [0.15, 0.2) is 11.0 Å². The summed E-state index contributed by atoms with van der Waals surface area (Å²) in [5.41, 5.74) is 2.39. The Bertz CT molecular complexity index is 1320. The largest absolute Gasteiger partial charge is 0.435 e. The van der Waals surface area contributed by atoms with Crippen molar-refractivity contribution >= 4 is 69.0 Å². The Hall–Kier alpha value is -3.21. The molecule has 0 fully saturated rings. The first-order chi connectivity index (χ1) is 17.2. The lowest BCUT2D eigenvalue weighted by molar-refractivity contribution is -0.113. The highest BCUT2D eigenvalue weighted by atomic mass is 35.5. The van der Waals surface area contributed by atoms with E-state index in [2.05, 4.69) is 9.73 Å². The van der Waals surface area contributed by atoms with Gasteiger partial charge in [0.2, 0.25) is 0 Å². The zero-order valence-corrected chi connectivity index (χ0v) is 21.5. The molecule has 0 spiro atoms. The van der Waals surface area contributed by atoms with E-state index < -0.39 is 12.5 Å². The molecular formula is C25H20ClF2N3O3S2. The predicted molar refractivity (Wildman–Crippen MR) is 143 cm³/mol. The molecule has 0 saturated carbocycles. The number of alkyl halides is 2. The summed E-state index contributed by atoms with van der Waals surface area (Å²) in [4.78, 5) is 34.3. The molecule has 3 aromatic rings. The van der Waals surface area contributed by atoms with Crippen molar-refractivity contribution in [3.8, 4) is 5.75 Å². The highest BCUT2D eigenvalue weighted by Gasteiger charge is 2.32. The van der Waals surface area contributed by atoms with Crippen molar-refractivity contribution in [3.05, 3.63) is 81.1 Å². The Morgan fingerprint density at radius 2 is 1.83 bits per heavy atom. The van der Waals surface area contributed by atoms with E-state index in [1.54, 1.807) is 18.2 Å². The first-order valence-electron chi connectivity index (χ1n) is 10.6. The van der Waals surface area contributed by atoms with Crippen LogP contribution < -0.4 is 14.5 Å². The molecule has 11 heteroatoms. The molecule has 2 aromatic carbocycles. The summed E-state index contributed by atoms with van der Waals surface area (Å²) in [6.07, 6.45) is 1.66. The van der Waals surface area contributed by atoms with Gasteiger partial charge >= 0.3 is 6.61 Å². The summed E-state index contributed by atoms with van der Waals surface area (Å²) in [5.74, 6) is -0.544. The normalized spacial score (nSPS) is 14.5. The number of hydrogen-bond donors (Lipinski definition) is 0. The van der Waals surface area contributed by atoms with Gasteiger partial charge in [0.25, 0.3) is 5.91 Å². The van der Waals surface area contributed by atoms with E-state index in [-0.39, 0.29) is 23.0 Å². The number of halogens is 3. The van der Waals surface area contributed by atoms with Crippen LogP contribution in [0.2, 0.25) is 4.34 Å². The van der Waals surface area contributed by atoms with Gasteiger partial charge in [-0.1, -0.05) is 35.5 Å². The molecule has 0 saturated heterocycles. The standard InChI is InChI=1S/C25H20ClF2N3O3S2/c1-30(2)16-5-3-15(4-6-16)13-19-23(33)31(17-7-9-18(10-8-17)34-24(27)28)25(29-19)35-14-20(32)21-11-12-22(26)36-21/h3-13,24H,14H2,1-2H3/b19-13-. The summed E-state index contributed by atoms with van der Waals surface area (Å²) in [7, 11) is 3.87. The number of amides is 1. The van der Waals surface area contributed by atoms with E-state index in [9.17, 15) is 18.4 Å². The molecule has 0 bridgehead atoms. The number of rotatable bonds is 8. The average Bonchev–Trinajstić information content (AvgIpc) is 3.41. The van der Waals surface area contributed by atoms with Crippen molar-refractivity contribution in [2.75, 3.05) is 29.6 Å². The Labute approximate surface area is 219 Å². The molecule has 1 aliphatic rings. The number of ketones is 1. The molecule has 4 rings (SSSR count). The molecule has 0 radical (unpaired) electrons. The van der Waals surface area contributed by atoms with Crippen LogP contribution in [0.3, 0.4) is 0 Å². The number of thioether (sulfide) groups is 1. The summed E-state index contributed by atoms with van der Waals surface area (Å²) >= 11 is 8.23. The van der Waals surface area contributed by atoms with Gasteiger partial charge in [-0.25, -0.2) is 4.99 Å². The smallest absolute Gasteiger partial charge is 0.387 e. The summed E-state index contributed by atoms with van der Waals surface area (Å²) < 4.78 is 30.0. The number of nitrogens with zero attached hydrogens (tertiary/aromatic N) is 3. The number of aliphatic imine (C=N–C) groups is 1. The van der Waals surface area contributed by atoms with Gasteiger partial charge in [-0.05, 0) is 60.2 Å². The van der Waals surface area contributed by atoms with Crippen LogP contribution in [0.15, 0.2) is 71.4 Å². The highest BCUT2D eigenvalue weighted by molar-refractivity contribution is 8.14. The van der Waals surface area contributed by atoms with E-state index in [0.29, 0.717) is 20.1 Å². The maximum atomic E-state index is 13.3. The van der Waals surface area contributed by atoms with Crippen LogP contribution in [0, 0.1) is 0 Å². The molecule has 186 valence electrons. The molecule has 36 heavy (non-hydrogen) atoms. The first-order valence-corrected chi connectivity index (χ1v) is 12.8. The lowest BCUT2D eigenvalue weighted by atomic mass is 10.1. The van der Waals surface area contributed by atoms with Crippen LogP contribution in [0.25, 0.3) is 6.08 Å². The van der Waals surface area contributed by atoms with Crippen molar-refractivity contribution in [2.45, 2.75) is 6.61 Å². The number of ether oxygens (including phenoxy) is 1. The fourth-order valence-electron chi connectivity index (χ4n) is 3.29. The zero-order valence-electron chi connectivity index (χ0n) is 19.2. The topological polar surface area (TPSA) is 62.2 Å². The Morgan fingerprint density at radius 1 is 1.14 bits per heavy atom. The number of anilines is 2. The number of Topliss-reactive ketones (excluding diaryl/α,β-unsaturated/α-hetero) is 1. The number of carbonyl (C=O) groups excluding carboxylic acids is 2. The van der Waals surface area contributed by atoms with Gasteiger partial charge in [-0.15, -0.1) is 11.3 Å². The highest BCUT2D eigenvalue weighted by Crippen LogP contribution is 2.32. The SMILES string of the molecule is CN(C)c1ccc(/C=C2\N=C(SCC(=O)c3ccc(Cl)s3)N(c3ccc(OC(F)F)cc3)C2=O)cc1. The van der Waals surface area contributed by atoms with Gasteiger partial charge in [-0.2, -0.15) is 8.78 Å². The summed E-state index contributed by atoms with van der Waals surface area (Å²) in [5, 5.41) is 0.301. The maximum absolute atomic E-state index is 13.3. The van der Waals surface area contributed by atoms with Crippen molar-refractivity contribution < 1.29 is 23.1 Å². The minimum Gasteiger partial charge on any atom is -0.435 e. The van der Waals surface area contributed by atoms with Crippen LogP contribution in [0.4, 0.5) is 20.2 Å². The monoisotopic (exact) mass is 547 g/mol. The van der Waals surface area contributed by atoms with E-state index >= 15 is 0 Å². The van der Waals surface area contributed by atoms with Crippen molar-refractivity contribution in [3.63, 3.8) is 0 Å². The second-order valence-corrected chi connectivity index (χ2v) is 10.4. The van der Waals surface area contributed by atoms with Crippen molar-refractivity contribution in [1.29, 1.82) is 0 Å². The fourth-order valence-corrected chi connectivity index (χ4v) is 5.26. The molecule has 0 aliphatic carbocycles. The lowest BCUT2D eigenvalue weighted by Gasteiger charge is -2.18. The van der Waals surface area contributed by atoms with Crippen molar-refractivity contribution in [1.82, 2.24) is 0 Å².